The van der Waals surface area contributed by atoms with E-state index >= 15 is 0 Å². The number of anilines is 2. The van der Waals surface area contributed by atoms with Gasteiger partial charge in [-0.1, -0.05) is 30.3 Å². The summed E-state index contributed by atoms with van der Waals surface area (Å²) >= 11 is 5.32. The van der Waals surface area contributed by atoms with Gasteiger partial charge in [-0.15, -0.1) is 0 Å². The highest BCUT2D eigenvalue weighted by Crippen LogP contribution is 2.22. The Morgan fingerprint density at radius 2 is 1.56 bits per heavy atom. The second-order valence-electron chi connectivity index (χ2n) is 6.80. The molecule has 2 amide bonds. The third kappa shape index (κ3) is 5.70. The molecule has 0 radical (unpaired) electrons. The number of carbonyl (C=O) groups excluding carboxylic acids is 2. The van der Waals surface area contributed by atoms with E-state index in [0.717, 1.165) is 5.69 Å². The zero-order chi connectivity index (χ0) is 22.9. The molecule has 0 aliphatic heterocycles. The number of para-hydroxylation sites is 2. The first-order valence-electron chi connectivity index (χ1n) is 10.3. The number of ether oxygens (including phenoxy) is 1. The molecule has 0 fully saturated rings. The maximum absolute atomic E-state index is 13.3. The predicted octanol–water partition coefficient (Wildman–Crippen LogP) is 4.88. The van der Waals surface area contributed by atoms with Gasteiger partial charge in [-0.05, 0) is 74.6 Å². The molecular formula is C25H25N3O3S. The molecule has 3 rings (SSSR count). The molecule has 32 heavy (non-hydrogen) atoms. The van der Waals surface area contributed by atoms with Gasteiger partial charge < -0.3 is 15.0 Å². The second-order valence-corrected chi connectivity index (χ2v) is 7.20. The molecule has 0 spiro atoms. The third-order valence-electron chi connectivity index (χ3n) is 4.69. The number of hydrogen-bond acceptors (Lipinski definition) is 4. The van der Waals surface area contributed by atoms with Crippen molar-refractivity contribution in [1.29, 1.82) is 0 Å². The van der Waals surface area contributed by atoms with E-state index in [1.807, 2.05) is 44.2 Å². The summed E-state index contributed by atoms with van der Waals surface area (Å²) in [4.78, 5) is 27.5. The molecule has 0 bridgehead atoms. The van der Waals surface area contributed by atoms with Gasteiger partial charge in [0, 0.05) is 17.8 Å². The molecule has 3 aromatic carbocycles. The molecule has 164 valence electrons. The van der Waals surface area contributed by atoms with E-state index in [9.17, 15) is 9.59 Å². The van der Waals surface area contributed by atoms with Gasteiger partial charge >= 0.3 is 0 Å². The highest BCUT2D eigenvalue weighted by Gasteiger charge is 2.19. The van der Waals surface area contributed by atoms with E-state index in [-0.39, 0.29) is 16.9 Å². The van der Waals surface area contributed by atoms with Gasteiger partial charge in [0.2, 0.25) is 0 Å². The van der Waals surface area contributed by atoms with E-state index in [4.69, 9.17) is 17.0 Å². The Kier molecular flexibility index (Phi) is 7.94. The lowest BCUT2D eigenvalue weighted by atomic mass is 10.1. The number of nitrogens with one attached hydrogen (secondary N) is 2. The van der Waals surface area contributed by atoms with Crippen LogP contribution in [0.2, 0.25) is 0 Å². The molecule has 0 saturated heterocycles. The van der Waals surface area contributed by atoms with Crippen molar-refractivity contribution in [3.63, 3.8) is 0 Å². The van der Waals surface area contributed by atoms with Crippen LogP contribution in [0.5, 0.6) is 5.75 Å². The monoisotopic (exact) mass is 447 g/mol. The molecule has 0 atom stereocenters. The summed E-state index contributed by atoms with van der Waals surface area (Å²) < 4.78 is 5.39. The molecule has 0 saturated carbocycles. The maximum Gasteiger partial charge on any atom is 0.260 e. The largest absolute Gasteiger partial charge is 0.494 e. The van der Waals surface area contributed by atoms with E-state index in [0.29, 0.717) is 35.7 Å². The minimum atomic E-state index is -0.353. The van der Waals surface area contributed by atoms with Gasteiger partial charge in [-0.3, -0.25) is 14.9 Å². The van der Waals surface area contributed by atoms with E-state index in [2.05, 4.69) is 10.6 Å². The number of thiocarbonyl (C=S) groups is 1. The summed E-state index contributed by atoms with van der Waals surface area (Å²) in [5, 5.41) is 5.74. The number of nitrogens with zero attached hydrogens (tertiary/aromatic N) is 1. The molecular weight excluding hydrogens is 422 g/mol. The Balaban J connectivity index is 1.72. The molecule has 7 heteroatoms. The van der Waals surface area contributed by atoms with Crippen molar-refractivity contribution in [2.24, 2.45) is 0 Å². The van der Waals surface area contributed by atoms with Gasteiger partial charge in [-0.25, -0.2) is 0 Å². The van der Waals surface area contributed by atoms with Crippen molar-refractivity contribution in [3.05, 3.63) is 90.0 Å². The minimum absolute atomic E-state index is 0.104. The summed E-state index contributed by atoms with van der Waals surface area (Å²) in [6.45, 7) is 4.88. The third-order valence-corrected chi connectivity index (χ3v) is 4.89. The van der Waals surface area contributed by atoms with Crippen molar-refractivity contribution >= 4 is 40.5 Å². The summed E-state index contributed by atoms with van der Waals surface area (Å²) in [5.74, 6) is 0.173. The van der Waals surface area contributed by atoms with Crippen LogP contribution >= 0.6 is 12.2 Å². The number of benzene rings is 3. The predicted molar refractivity (Wildman–Crippen MR) is 132 cm³/mol. The Morgan fingerprint density at radius 3 is 2.22 bits per heavy atom. The van der Waals surface area contributed by atoms with Crippen LogP contribution in [0.25, 0.3) is 0 Å². The quantitative estimate of drug-likeness (QED) is 0.505. The highest BCUT2D eigenvalue weighted by molar-refractivity contribution is 7.80. The first kappa shape index (κ1) is 23.0. The van der Waals surface area contributed by atoms with Crippen molar-refractivity contribution in [3.8, 4) is 5.75 Å². The summed E-state index contributed by atoms with van der Waals surface area (Å²) in [6, 6.07) is 23.3. The Morgan fingerprint density at radius 1 is 0.906 bits per heavy atom. The van der Waals surface area contributed by atoms with Gasteiger partial charge in [0.25, 0.3) is 11.8 Å². The number of rotatable bonds is 7. The molecule has 0 aromatic heterocycles. The summed E-state index contributed by atoms with van der Waals surface area (Å²) in [5.41, 5.74) is 2.23. The SMILES string of the molecule is CCOc1ccc(C(=O)NC(=S)Nc2ccccc2C(=O)N(CC)c2ccccc2)cc1. The van der Waals surface area contributed by atoms with E-state index in [1.54, 1.807) is 53.4 Å². The topological polar surface area (TPSA) is 70.7 Å². The van der Waals surface area contributed by atoms with Crippen LogP contribution in [0, 0.1) is 0 Å². The van der Waals surface area contributed by atoms with Crippen molar-refractivity contribution in [2.75, 3.05) is 23.4 Å². The van der Waals surface area contributed by atoms with Crippen molar-refractivity contribution in [2.45, 2.75) is 13.8 Å². The first-order chi connectivity index (χ1) is 15.5. The standard InChI is InChI=1S/C25H25N3O3S/c1-3-28(19-10-6-5-7-11-19)24(30)21-12-8-9-13-22(21)26-25(32)27-23(29)18-14-16-20(17-15-18)31-4-2/h5-17H,3-4H2,1-2H3,(H2,26,27,29,32). The zero-order valence-electron chi connectivity index (χ0n) is 18.0. The van der Waals surface area contributed by atoms with Gasteiger partial charge in [0.15, 0.2) is 5.11 Å². The average Bonchev–Trinajstić information content (AvgIpc) is 2.81. The van der Waals surface area contributed by atoms with Crippen LogP contribution in [0.3, 0.4) is 0 Å². The number of amides is 2. The van der Waals surface area contributed by atoms with Crippen molar-refractivity contribution < 1.29 is 14.3 Å². The average molecular weight is 448 g/mol. The lowest BCUT2D eigenvalue weighted by Crippen LogP contribution is -2.35. The summed E-state index contributed by atoms with van der Waals surface area (Å²) in [7, 11) is 0. The van der Waals surface area contributed by atoms with Crippen molar-refractivity contribution in [1.82, 2.24) is 5.32 Å². The number of carbonyl (C=O) groups is 2. The molecule has 0 aliphatic carbocycles. The molecule has 6 nitrogen and oxygen atoms in total. The maximum atomic E-state index is 13.3. The van der Waals surface area contributed by atoms with E-state index < -0.39 is 0 Å². The first-order valence-corrected chi connectivity index (χ1v) is 10.8. The van der Waals surface area contributed by atoms with Crippen LogP contribution in [-0.4, -0.2) is 30.1 Å². The number of hydrogen-bond donors (Lipinski definition) is 2. The lowest BCUT2D eigenvalue weighted by Gasteiger charge is -2.23. The Hall–Kier alpha value is -3.71. The van der Waals surface area contributed by atoms with Crippen LogP contribution in [0.1, 0.15) is 34.6 Å². The van der Waals surface area contributed by atoms with Crippen LogP contribution in [-0.2, 0) is 0 Å². The Labute approximate surface area is 193 Å². The lowest BCUT2D eigenvalue weighted by molar-refractivity contribution is 0.0974. The molecule has 0 aliphatic rings. The smallest absolute Gasteiger partial charge is 0.260 e. The van der Waals surface area contributed by atoms with Gasteiger partial charge in [0.1, 0.15) is 5.75 Å². The van der Waals surface area contributed by atoms with Gasteiger partial charge in [-0.2, -0.15) is 0 Å². The minimum Gasteiger partial charge on any atom is -0.494 e. The molecule has 0 unspecified atom stereocenters. The molecule has 0 heterocycles. The fourth-order valence-electron chi connectivity index (χ4n) is 3.17. The normalized spacial score (nSPS) is 10.2. The Bertz CT molecular complexity index is 1090. The van der Waals surface area contributed by atoms with Crippen LogP contribution < -0.4 is 20.3 Å². The second kappa shape index (κ2) is 11.1. The summed E-state index contributed by atoms with van der Waals surface area (Å²) in [6.07, 6.45) is 0. The molecule has 2 N–H and O–H groups in total. The zero-order valence-corrected chi connectivity index (χ0v) is 18.8. The van der Waals surface area contributed by atoms with E-state index in [1.165, 1.54) is 0 Å². The molecule has 3 aromatic rings. The van der Waals surface area contributed by atoms with Gasteiger partial charge in [0.05, 0.1) is 17.9 Å². The highest BCUT2D eigenvalue weighted by atomic mass is 32.1. The van der Waals surface area contributed by atoms with Crippen LogP contribution in [0.15, 0.2) is 78.9 Å². The fourth-order valence-corrected chi connectivity index (χ4v) is 3.38. The fraction of sp³-hybridized carbons (Fsp3) is 0.160. The van der Waals surface area contributed by atoms with Crippen LogP contribution in [0.4, 0.5) is 11.4 Å².